The average molecular weight is 463 g/mol. The Labute approximate surface area is 196 Å². The number of halogens is 2. The number of H-pyrrole nitrogens is 1. The Morgan fingerprint density at radius 1 is 0.970 bits per heavy atom. The van der Waals surface area contributed by atoms with Gasteiger partial charge in [0.15, 0.2) is 0 Å². The SMILES string of the molecule is Fc1ccc(Cl)cc1-c1n[nH]cc1-c1ccc2ncc(N3CC(N4CCCCC4)C3)cc2n1. The predicted molar refractivity (Wildman–Crippen MR) is 129 cm³/mol. The fourth-order valence-corrected chi connectivity index (χ4v) is 5.04. The summed E-state index contributed by atoms with van der Waals surface area (Å²) in [7, 11) is 0. The van der Waals surface area contributed by atoms with Gasteiger partial charge in [-0.05, 0) is 62.3 Å². The van der Waals surface area contributed by atoms with Crippen molar-refractivity contribution >= 4 is 28.3 Å². The van der Waals surface area contributed by atoms with Gasteiger partial charge in [-0.3, -0.25) is 15.0 Å². The maximum atomic E-state index is 14.5. The van der Waals surface area contributed by atoms with Crippen molar-refractivity contribution in [2.45, 2.75) is 25.3 Å². The normalized spacial score (nSPS) is 17.5. The number of piperidine rings is 1. The Morgan fingerprint density at radius 3 is 2.67 bits per heavy atom. The number of hydrogen-bond donors (Lipinski definition) is 1. The molecular weight excluding hydrogens is 439 g/mol. The standard InChI is InChI=1S/C25H24ClFN6/c26-16-4-5-21(27)19(10-16)25-20(13-29-31-25)22-6-7-23-24(30-22)11-17(12-28-23)33-14-18(15-33)32-8-2-1-3-9-32/h4-7,10-13,18H,1-3,8-9,14-15H2,(H,29,31). The molecule has 2 aliphatic rings. The highest BCUT2D eigenvalue weighted by Crippen LogP contribution is 2.34. The zero-order valence-electron chi connectivity index (χ0n) is 18.1. The maximum Gasteiger partial charge on any atom is 0.132 e. The molecule has 0 bridgehead atoms. The van der Waals surface area contributed by atoms with Crippen LogP contribution in [0.3, 0.4) is 0 Å². The van der Waals surface area contributed by atoms with E-state index in [0.717, 1.165) is 35.4 Å². The molecule has 6 nitrogen and oxygen atoms in total. The van der Waals surface area contributed by atoms with Gasteiger partial charge in [0.1, 0.15) is 11.5 Å². The summed E-state index contributed by atoms with van der Waals surface area (Å²) >= 11 is 6.10. The van der Waals surface area contributed by atoms with Crippen LogP contribution in [0.5, 0.6) is 0 Å². The molecule has 2 saturated heterocycles. The first-order valence-electron chi connectivity index (χ1n) is 11.4. The number of likely N-dealkylation sites (tertiary alicyclic amines) is 1. The van der Waals surface area contributed by atoms with Crippen molar-refractivity contribution in [2.24, 2.45) is 0 Å². The molecular formula is C25H24ClFN6. The topological polar surface area (TPSA) is 60.9 Å². The summed E-state index contributed by atoms with van der Waals surface area (Å²) < 4.78 is 14.5. The van der Waals surface area contributed by atoms with Crippen LogP contribution in [0, 0.1) is 5.82 Å². The molecule has 8 heteroatoms. The molecule has 0 amide bonds. The minimum atomic E-state index is -0.376. The molecule has 0 unspecified atom stereocenters. The van der Waals surface area contributed by atoms with Gasteiger partial charge >= 0.3 is 0 Å². The summed E-state index contributed by atoms with van der Waals surface area (Å²) in [4.78, 5) is 14.5. The van der Waals surface area contributed by atoms with E-state index in [2.05, 4.69) is 31.0 Å². The first-order chi connectivity index (χ1) is 16.2. The highest BCUT2D eigenvalue weighted by Gasteiger charge is 2.32. The molecule has 2 fully saturated rings. The Hall–Kier alpha value is -3.03. The Morgan fingerprint density at radius 2 is 1.82 bits per heavy atom. The third-order valence-corrected chi connectivity index (χ3v) is 6.99. The second-order valence-electron chi connectivity index (χ2n) is 8.86. The molecule has 33 heavy (non-hydrogen) atoms. The number of anilines is 1. The number of nitrogens with zero attached hydrogens (tertiary/aromatic N) is 5. The smallest absolute Gasteiger partial charge is 0.132 e. The van der Waals surface area contributed by atoms with E-state index in [4.69, 9.17) is 16.6 Å². The van der Waals surface area contributed by atoms with E-state index in [0.29, 0.717) is 28.0 Å². The summed E-state index contributed by atoms with van der Waals surface area (Å²) in [6, 6.07) is 11.0. The van der Waals surface area contributed by atoms with E-state index >= 15 is 0 Å². The Bertz CT molecular complexity index is 1310. The van der Waals surface area contributed by atoms with Crippen LogP contribution in [0.15, 0.2) is 48.8 Å². The predicted octanol–water partition coefficient (Wildman–Crippen LogP) is 5.15. The minimum absolute atomic E-state index is 0.344. The van der Waals surface area contributed by atoms with Gasteiger partial charge in [-0.15, -0.1) is 0 Å². The molecule has 6 rings (SSSR count). The van der Waals surface area contributed by atoms with E-state index in [1.165, 1.54) is 44.5 Å². The van der Waals surface area contributed by atoms with Gasteiger partial charge < -0.3 is 4.90 Å². The second kappa shape index (κ2) is 8.39. The van der Waals surface area contributed by atoms with Crippen LogP contribution < -0.4 is 4.90 Å². The number of hydrogen-bond acceptors (Lipinski definition) is 5. The van der Waals surface area contributed by atoms with Crippen molar-refractivity contribution in [3.05, 3.63) is 59.6 Å². The van der Waals surface area contributed by atoms with Crippen molar-refractivity contribution < 1.29 is 4.39 Å². The van der Waals surface area contributed by atoms with Gasteiger partial charge in [0.25, 0.3) is 0 Å². The summed E-state index contributed by atoms with van der Waals surface area (Å²) in [5, 5.41) is 7.58. The average Bonchev–Trinajstić information content (AvgIpc) is 3.30. The molecule has 0 atom stereocenters. The van der Waals surface area contributed by atoms with Gasteiger partial charge in [-0.25, -0.2) is 9.37 Å². The molecule has 0 radical (unpaired) electrons. The molecule has 5 heterocycles. The number of nitrogens with one attached hydrogen (secondary N) is 1. The molecule has 0 saturated carbocycles. The second-order valence-corrected chi connectivity index (χ2v) is 9.29. The minimum Gasteiger partial charge on any atom is -0.367 e. The van der Waals surface area contributed by atoms with Crippen molar-refractivity contribution in [1.82, 2.24) is 25.1 Å². The van der Waals surface area contributed by atoms with E-state index in [9.17, 15) is 4.39 Å². The fourth-order valence-electron chi connectivity index (χ4n) is 4.87. The molecule has 168 valence electrons. The lowest BCUT2D eigenvalue weighted by Crippen LogP contribution is -2.60. The van der Waals surface area contributed by atoms with Gasteiger partial charge in [0.05, 0.1) is 28.6 Å². The van der Waals surface area contributed by atoms with Crippen LogP contribution in [0.25, 0.3) is 33.5 Å². The number of aromatic amines is 1. The van der Waals surface area contributed by atoms with Crippen LogP contribution in [0.4, 0.5) is 10.1 Å². The van der Waals surface area contributed by atoms with Crippen LogP contribution in [0.2, 0.25) is 5.02 Å². The third kappa shape index (κ3) is 3.85. The highest BCUT2D eigenvalue weighted by molar-refractivity contribution is 6.30. The van der Waals surface area contributed by atoms with Gasteiger partial charge in [-0.1, -0.05) is 18.0 Å². The quantitative estimate of drug-likeness (QED) is 0.454. The molecule has 0 aliphatic carbocycles. The largest absolute Gasteiger partial charge is 0.367 e. The van der Waals surface area contributed by atoms with Crippen molar-refractivity contribution in [1.29, 1.82) is 0 Å². The lowest BCUT2D eigenvalue weighted by atomic mass is 10.0. The molecule has 4 aromatic rings. The maximum absolute atomic E-state index is 14.5. The Balaban J connectivity index is 1.28. The summed E-state index contributed by atoms with van der Waals surface area (Å²) in [5.41, 5.74) is 4.99. The van der Waals surface area contributed by atoms with Gasteiger partial charge in [0.2, 0.25) is 0 Å². The first-order valence-corrected chi connectivity index (χ1v) is 11.8. The van der Waals surface area contributed by atoms with Gasteiger partial charge in [-0.2, -0.15) is 5.10 Å². The van der Waals surface area contributed by atoms with Crippen LogP contribution >= 0.6 is 11.6 Å². The number of aromatic nitrogens is 4. The lowest BCUT2D eigenvalue weighted by Gasteiger charge is -2.47. The number of pyridine rings is 2. The zero-order valence-corrected chi connectivity index (χ0v) is 18.9. The van der Waals surface area contributed by atoms with Gasteiger partial charge in [0, 0.05) is 41.5 Å². The summed E-state index contributed by atoms with van der Waals surface area (Å²) in [5.74, 6) is -0.376. The molecule has 0 spiro atoms. The highest BCUT2D eigenvalue weighted by atomic mass is 35.5. The lowest BCUT2D eigenvalue weighted by molar-refractivity contribution is 0.139. The van der Waals surface area contributed by atoms with Crippen molar-refractivity contribution in [2.75, 3.05) is 31.1 Å². The third-order valence-electron chi connectivity index (χ3n) is 6.76. The van der Waals surface area contributed by atoms with Crippen LogP contribution in [0.1, 0.15) is 19.3 Å². The van der Waals surface area contributed by atoms with E-state index < -0.39 is 0 Å². The molecule has 1 aromatic carbocycles. The fraction of sp³-hybridized carbons (Fsp3) is 0.320. The summed E-state index contributed by atoms with van der Waals surface area (Å²) in [6.07, 6.45) is 7.66. The molecule has 2 aliphatic heterocycles. The van der Waals surface area contributed by atoms with Crippen LogP contribution in [-0.4, -0.2) is 57.3 Å². The monoisotopic (exact) mass is 462 g/mol. The first kappa shape index (κ1) is 20.6. The number of rotatable bonds is 4. The molecule has 1 N–H and O–H groups in total. The van der Waals surface area contributed by atoms with Crippen LogP contribution in [-0.2, 0) is 0 Å². The van der Waals surface area contributed by atoms with E-state index in [1.54, 1.807) is 12.3 Å². The number of benzene rings is 1. The van der Waals surface area contributed by atoms with Crippen molar-refractivity contribution in [3.63, 3.8) is 0 Å². The zero-order chi connectivity index (χ0) is 22.4. The van der Waals surface area contributed by atoms with E-state index in [1.807, 2.05) is 18.3 Å². The Kier molecular flexibility index (Phi) is 5.23. The summed E-state index contributed by atoms with van der Waals surface area (Å²) in [6.45, 7) is 4.51. The molecule has 3 aromatic heterocycles. The van der Waals surface area contributed by atoms with E-state index in [-0.39, 0.29) is 5.82 Å². The number of fused-ring (bicyclic) bond motifs is 1. The van der Waals surface area contributed by atoms with Crippen molar-refractivity contribution in [3.8, 4) is 22.5 Å².